The van der Waals surface area contributed by atoms with Crippen LogP contribution in [0.4, 0.5) is 4.39 Å². The Hall–Kier alpha value is -1.87. The van der Waals surface area contributed by atoms with Crippen LogP contribution >= 0.6 is 24.0 Å². The van der Waals surface area contributed by atoms with Gasteiger partial charge in [-0.25, -0.2) is 4.39 Å². The monoisotopic (exact) mass is 541 g/mol. The van der Waals surface area contributed by atoms with Crippen molar-refractivity contribution in [1.29, 1.82) is 0 Å². The van der Waals surface area contributed by atoms with Crippen molar-refractivity contribution in [2.75, 3.05) is 33.4 Å². The number of ether oxygens (including phenoxy) is 2. The molecule has 1 heterocycles. The maximum Gasteiger partial charge on any atom is 0.191 e. The third kappa shape index (κ3) is 8.65. The molecule has 7 heteroatoms. The molecule has 1 fully saturated rings. The van der Waals surface area contributed by atoms with Gasteiger partial charge in [-0.2, -0.15) is 0 Å². The minimum absolute atomic E-state index is 0. The first-order valence-corrected chi connectivity index (χ1v) is 10.6. The zero-order valence-electron chi connectivity index (χ0n) is 18.3. The van der Waals surface area contributed by atoms with Crippen LogP contribution in [0.25, 0.3) is 0 Å². The topological polar surface area (TPSA) is 54.9 Å². The molecule has 1 atom stereocenters. The van der Waals surface area contributed by atoms with E-state index in [2.05, 4.69) is 40.7 Å². The second kappa shape index (κ2) is 13.5. The van der Waals surface area contributed by atoms with E-state index in [1.54, 1.807) is 19.2 Å². The van der Waals surface area contributed by atoms with E-state index in [-0.39, 0.29) is 29.8 Å². The normalized spacial score (nSPS) is 16.0. The van der Waals surface area contributed by atoms with E-state index < -0.39 is 0 Å². The number of benzene rings is 2. The van der Waals surface area contributed by atoms with Gasteiger partial charge >= 0.3 is 0 Å². The molecule has 31 heavy (non-hydrogen) atoms. The van der Waals surface area contributed by atoms with Gasteiger partial charge in [-0.3, -0.25) is 4.99 Å². The Morgan fingerprint density at radius 2 is 2.10 bits per heavy atom. The van der Waals surface area contributed by atoms with Gasteiger partial charge in [-0.05, 0) is 55.5 Å². The number of aliphatic imine (C=N–C) groups is 1. The molecular weight excluding hydrogens is 508 g/mol. The average molecular weight is 541 g/mol. The van der Waals surface area contributed by atoms with Crippen molar-refractivity contribution < 1.29 is 13.9 Å². The molecule has 0 aromatic heterocycles. The van der Waals surface area contributed by atoms with E-state index in [4.69, 9.17) is 9.47 Å². The Kier molecular flexibility index (Phi) is 11.1. The van der Waals surface area contributed by atoms with Gasteiger partial charge in [0.2, 0.25) is 0 Å². The lowest BCUT2D eigenvalue weighted by Gasteiger charge is -2.17. The summed E-state index contributed by atoms with van der Waals surface area (Å²) >= 11 is 0. The number of hydrogen-bond acceptors (Lipinski definition) is 3. The van der Waals surface area contributed by atoms with Crippen LogP contribution in [0.3, 0.4) is 0 Å². The fraction of sp³-hybridized carbons (Fsp3) is 0.458. The summed E-state index contributed by atoms with van der Waals surface area (Å²) in [5.74, 6) is 1.94. The highest BCUT2D eigenvalue weighted by Crippen LogP contribution is 2.22. The Balaban J connectivity index is 0.00000341. The molecule has 2 N–H and O–H groups in total. The van der Waals surface area contributed by atoms with E-state index in [9.17, 15) is 4.39 Å². The molecule has 1 unspecified atom stereocenters. The molecule has 3 rings (SSSR count). The molecule has 1 aliphatic heterocycles. The van der Waals surface area contributed by atoms with Crippen molar-refractivity contribution in [2.24, 2.45) is 10.9 Å². The van der Waals surface area contributed by atoms with E-state index in [0.717, 1.165) is 61.9 Å². The van der Waals surface area contributed by atoms with E-state index >= 15 is 0 Å². The number of nitrogens with zero attached hydrogens (tertiary/aromatic N) is 1. The molecule has 0 amide bonds. The second-order valence-corrected chi connectivity index (χ2v) is 7.74. The predicted octanol–water partition coefficient (Wildman–Crippen LogP) is 4.47. The smallest absolute Gasteiger partial charge is 0.191 e. The summed E-state index contributed by atoms with van der Waals surface area (Å²) in [6, 6.07) is 13.0. The largest absolute Gasteiger partial charge is 0.493 e. The number of nitrogens with one attached hydrogen (secondary N) is 2. The first-order chi connectivity index (χ1) is 14.6. The van der Waals surface area contributed by atoms with Crippen LogP contribution in [0.15, 0.2) is 47.5 Å². The van der Waals surface area contributed by atoms with Crippen LogP contribution in [0.2, 0.25) is 0 Å². The van der Waals surface area contributed by atoms with Crippen molar-refractivity contribution in [3.63, 3.8) is 0 Å². The molecule has 0 radical (unpaired) electrons. The van der Waals surface area contributed by atoms with Crippen LogP contribution in [-0.4, -0.2) is 39.4 Å². The van der Waals surface area contributed by atoms with Crippen molar-refractivity contribution in [2.45, 2.75) is 32.7 Å². The van der Waals surface area contributed by atoms with Gasteiger partial charge in [-0.1, -0.05) is 24.3 Å². The molecule has 2 aromatic rings. The highest BCUT2D eigenvalue weighted by atomic mass is 127. The van der Waals surface area contributed by atoms with Gasteiger partial charge in [0.1, 0.15) is 11.6 Å². The maximum atomic E-state index is 13.3. The second-order valence-electron chi connectivity index (χ2n) is 7.74. The summed E-state index contributed by atoms with van der Waals surface area (Å²) in [5, 5.41) is 6.68. The molecule has 0 spiro atoms. The van der Waals surface area contributed by atoms with Gasteiger partial charge < -0.3 is 20.1 Å². The zero-order valence-corrected chi connectivity index (χ0v) is 20.7. The van der Waals surface area contributed by atoms with Gasteiger partial charge in [0.05, 0.1) is 13.2 Å². The fourth-order valence-electron chi connectivity index (χ4n) is 3.46. The molecule has 0 bridgehead atoms. The summed E-state index contributed by atoms with van der Waals surface area (Å²) in [6.07, 6.45) is 2.78. The Morgan fingerprint density at radius 1 is 1.23 bits per heavy atom. The zero-order chi connectivity index (χ0) is 21.2. The Labute approximate surface area is 201 Å². The number of guanidine groups is 1. The van der Waals surface area contributed by atoms with Crippen LogP contribution in [0, 0.1) is 18.7 Å². The van der Waals surface area contributed by atoms with Crippen LogP contribution in [-0.2, 0) is 17.7 Å². The van der Waals surface area contributed by atoms with Gasteiger partial charge in [-0.15, -0.1) is 24.0 Å². The highest BCUT2D eigenvalue weighted by Gasteiger charge is 2.17. The SMILES string of the molecule is CN=C(NCCCc1cccc(F)c1)NCc1ccc(C)cc1OCC1CCOC1.I. The number of aryl methyl sites for hydroxylation is 2. The molecular formula is C24H33FIN3O2. The fourth-order valence-corrected chi connectivity index (χ4v) is 3.46. The van der Waals surface area contributed by atoms with Gasteiger partial charge in [0.25, 0.3) is 0 Å². The molecule has 0 aliphatic carbocycles. The molecule has 1 saturated heterocycles. The van der Waals surface area contributed by atoms with Gasteiger partial charge in [0, 0.05) is 38.2 Å². The van der Waals surface area contributed by atoms with Crippen LogP contribution in [0.5, 0.6) is 5.75 Å². The van der Waals surface area contributed by atoms with Crippen LogP contribution in [0.1, 0.15) is 29.5 Å². The minimum Gasteiger partial charge on any atom is -0.493 e. The van der Waals surface area contributed by atoms with Crippen molar-refractivity contribution in [3.8, 4) is 5.75 Å². The van der Waals surface area contributed by atoms with Crippen molar-refractivity contribution in [3.05, 3.63) is 65.0 Å². The summed E-state index contributed by atoms with van der Waals surface area (Å²) in [6.45, 7) is 5.75. The molecule has 170 valence electrons. The summed E-state index contributed by atoms with van der Waals surface area (Å²) in [5.41, 5.74) is 3.28. The van der Waals surface area contributed by atoms with Gasteiger partial charge in [0.15, 0.2) is 5.96 Å². The number of rotatable bonds is 9. The lowest BCUT2D eigenvalue weighted by Crippen LogP contribution is -2.37. The third-order valence-corrected chi connectivity index (χ3v) is 5.21. The maximum absolute atomic E-state index is 13.3. The lowest BCUT2D eigenvalue weighted by molar-refractivity contribution is 0.166. The number of halogens is 2. The predicted molar refractivity (Wildman–Crippen MR) is 134 cm³/mol. The number of hydrogen-bond donors (Lipinski definition) is 2. The summed E-state index contributed by atoms with van der Waals surface area (Å²) in [4.78, 5) is 4.30. The quantitative estimate of drug-likeness (QED) is 0.213. The van der Waals surface area contributed by atoms with Crippen molar-refractivity contribution in [1.82, 2.24) is 10.6 Å². The molecule has 2 aromatic carbocycles. The first-order valence-electron chi connectivity index (χ1n) is 10.6. The third-order valence-electron chi connectivity index (χ3n) is 5.21. The van der Waals surface area contributed by atoms with E-state index in [1.807, 2.05) is 6.07 Å². The summed E-state index contributed by atoms with van der Waals surface area (Å²) in [7, 11) is 1.76. The minimum atomic E-state index is -0.186. The summed E-state index contributed by atoms with van der Waals surface area (Å²) < 4.78 is 24.8. The molecule has 0 saturated carbocycles. The highest BCUT2D eigenvalue weighted by molar-refractivity contribution is 14.0. The molecule has 5 nitrogen and oxygen atoms in total. The van der Waals surface area contributed by atoms with E-state index in [1.165, 1.54) is 11.6 Å². The van der Waals surface area contributed by atoms with E-state index in [0.29, 0.717) is 19.1 Å². The molecule has 1 aliphatic rings. The average Bonchev–Trinajstić information content (AvgIpc) is 3.26. The van der Waals surface area contributed by atoms with Crippen LogP contribution < -0.4 is 15.4 Å². The van der Waals surface area contributed by atoms with Crippen molar-refractivity contribution >= 4 is 29.9 Å². The lowest BCUT2D eigenvalue weighted by atomic mass is 10.1. The Morgan fingerprint density at radius 3 is 2.84 bits per heavy atom. The first kappa shape index (κ1) is 25.4. The standard InChI is InChI=1S/C24H32FN3O2.HI/c1-18-8-9-21(23(13-18)30-17-20-10-12-29-16-20)15-28-24(26-2)27-11-4-6-19-5-3-7-22(25)14-19;/h3,5,7-9,13-14,20H,4,6,10-12,15-17H2,1-2H3,(H2,26,27,28);1H. The Bertz CT molecular complexity index is 841.